The predicted molar refractivity (Wildman–Crippen MR) is 87.1 cm³/mol. The third-order valence-corrected chi connectivity index (χ3v) is 5.73. The highest BCUT2D eigenvalue weighted by atomic mass is 32.1. The lowest BCUT2D eigenvalue weighted by atomic mass is 9.91. The van der Waals surface area contributed by atoms with Crippen LogP contribution in [0.25, 0.3) is 0 Å². The summed E-state index contributed by atoms with van der Waals surface area (Å²) in [4.78, 5) is 9.02. The molecule has 4 nitrogen and oxygen atoms in total. The van der Waals surface area contributed by atoms with Gasteiger partial charge in [-0.2, -0.15) is 0 Å². The summed E-state index contributed by atoms with van der Waals surface area (Å²) in [5.41, 5.74) is 1.35. The van der Waals surface area contributed by atoms with E-state index in [0.29, 0.717) is 5.92 Å². The minimum Gasteiger partial charge on any atom is -0.368 e. The normalized spacial score (nSPS) is 26.8. The zero-order valence-corrected chi connectivity index (χ0v) is 14.0. The maximum atomic E-state index is 6.00. The molecule has 5 heteroatoms. The Hall–Kier alpha value is -0.490. The number of nitrogens with one attached hydrogen (secondary N) is 1. The topological polar surface area (TPSA) is 37.4 Å². The van der Waals surface area contributed by atoms with Gasteiger partial charge in [-0.3, -0.25) is 4.90 Å². The highest BCUT2D eigenvalue weighted by molar-refractivity contribution is 7.11. The van der Waals surface area contributed by atoms with E-state index in [1.54, 1.807) is 0 Å². The molecule has 2 atom stereocenters. The lowest BCUT2D eigenvalue weighted by Crippen LogP contribution is -2.38. The number of hydrogen-bond acceptors (Lipinski definition) is 5. The summed E-state index contributed by atoms with van der Waals surface area (Å²) < 4.78 is 6.00. The molecule has 3 rings (SSSR count). The molecule has 1 N–H and O–H groups in total. The number of thiazole rings is 1. The Labute approximate surface area is 131 Å². The van der Waals surface area contributed by atoms with Crippen LogP contribution in [-0.2, 0) is 11.2 Å². The smallest absolute Gasteiger partial charge is 0.123 e. The van der Waals surface area contributed by atoms with Crippen molar-refractivity contribution in [1.29, 1.82) is 0 Å². The van der Waals surface area contributed by atoms with Gasteiger partial charge in [0, 0.05) is 30.4 Å². The number of aromatic nitrogens is 1. The number of likely N-dealkylation sites (N-methyl/N-ethyl adjacent to an activating group) is 1. The molecule has 0 amide bonds. The van der Waals surface area contributed by atoms with Crippen LogP contribution in [0.1, 0.15) is 53.8 Å². The molecule has 1 saturated heterocycles. The fourth-order valence-electron chi connectivity index (χ4n) is 3.48. The highest BCUT2D eigenvalue weighted by Crippen LogP contribution is 2.37. The predicted octanol–water partition coefficient (Wildman–Crippen LogP) is 2.57. The quantitative estimate of drug-likeness (QED) is 0.907. The Balaban J connectivity index is 1.74. The number of aryl methyl sites for hydroxylation is 1. The van der Waals surface area contributed by atoms with Gasteiger partial charge in [0.1, 0.15) is 11.1 Å². The monoisotopic (exact) mass is 309 g/mol. The molecule has 2 aliphatic rings. The van der Waals surface area contributed by atoms with Crippen LogP contribution in [0.4, 0.5) is 0 Å². The fourth-order valence-corrected chi connectivity index (χ4v) is 4.71. The Morgan fingerprint density at radius 3 is 3.19 bits per heavy atom. The molecule has 1 aromatic rings. The summed E-state index contributed by atoms with van der Waals surface area (Å²) in [5, 5.41) is 4.53. The average molecular weight is 309 g/mol. The minimum atomic E-state index is 0.191. The van der Waals surface area contributed by atoms with Gasteiger partial charge in [-0.15, -0.1) is 11.3 Å². The van der Waals surface area contributed by atoms with Gasteiger partial charge in [-0.25, -0.2) is 4.98 Å². The lowest BCUT2D eigenvalue weighted by molar-refractivity contribution is -0.0300. The standard InChI is InChI=1S/C16H27N3OS/c1-3-7-19-8-9-20-13(11-19)16-18-15-12(10-17-2)5-4-6-14(15)21-16/h12-13,17H,3-11H2,1-2H3. The maximum Gasteiger partial charge on any atom is 0.123 e. The first-order chi connectivity index (χ1) is 10.3. The van der Waals surface area contributed by atoms with Gasteiger partial charge in [-0.1, -0.05) is 6.92 Å². The van der Waals surface area contributed by atoms with Crippen LogP contribution < -0.4 is 5.32 Å². The Morgan fingerprint density at radius 2 is 2.38 bits per heavy atom. The maximum absolute atomic E-state index is 6.00. The zero-order chi connectivity index (χ0) is 14.7. The van der Waals surface area contributed by atoms with Gasteiger partial charge in [0.15, 0.2) is 0 Å². The van der Waals surface area contributed by atoms with Crippen molar-refractivity contribution >= 4 is 11.3 Å². The van der Waals surface area contributed by atoms with Crippen molar-refractivity contribution in [2.75, 3.05) is 39.8 Å². The van der Waals surface area contributed by atoms with E-state index in [2.05, 4.69) is 17.1 Å². The second-order valence-electron chi connectivity index (χ2n) is 6.17. The van der Waals surface area contributed by atoms with Gasteiger partial charge in [0.2, 0.25) is 0 Å². The summed E-state index contributed by atoms with van der Waals surface area (Å²) in [5.74, 6) is 0.596. The molecule has 1 aromatic heterocycles. The van der Waals surface area contributed by atoms with Crippen molar-refractivity contribution in [3.8, 4) is 0 Å². The number of rotatable bonds is 5. The Bertz CT molecular complexity index is 460. The lowest BCUT2D eigenvalue weighted by Gasteiger charge is -2.31. The SMILES string of the molecule is CCCN1CCOC(c2nc3c(s2)CCCC3CNC)C1. The third-order valence-electron chi connectivity index (χ3n) is 4.50. The summed E-state index contributed by atoms with van der Waals surface area (Å²) in [6.45, 7) is 7.38. The highest BCUT2D eigenvalue weighted by Gasteiger charge is 2.29. The van der Waals surface area contributed by atoms with Crippen molar-refractivity contribution in [1.82, 2.24) is 15.2 Å². The van der Waals surface area contributed by atoms with Gasteiger partial charge < -0.3 is 10.1 Å². The molecule has 118 valence electrons. The number of nitrogens with zero attached hydrogens (tertiary/aromatic N) is 2. The largest absolute Gasteiger partial charge is 0.368 e. The molecule has 1 aliphatic carbocycles. The van der Waals surface area contributed by atoms with Crippen LogP contribution in [0.3, 0.4) is 0 Å². The first-order valence-corrected chi connectivity index (χ1v) is 9.11. The van der Waals surface area contributed by atoms with Crippen molar-refractivity contribution in [2.45, 2.75) is 44.6 Å². The molecule has 1 fully saturated rings. The van der Waals surface area contributed by atoms with Gasteiger partial charge in [0.05, 0.1) is 12.3 Å². The number of ether oxygens (including phenoxy) is 1. The van der Waals surface area contributed by atoms with E-state index >= 15 is 0 Å². The van der Waals surface area contributed by atoms with E-state index in [4.69, 9.17) is 9.72 Å². The van der Waals surface area contributed by atoms with Crippen LogP contribution >= 0.6 is 11.3 Å². The molecule has 0 saturated carbocycles. The number of fused-ring (bicyclic) bond motifs is 1. The summed E-state index contributed by atoms with van der Waals surface area (Å²) in [7, 11) is 2.04. The van der Waals surface area contributed by atoms with E-state index in [-0.39, 0.29) is 6.10 Å². The molecule has 0 radical (unpaired) electrons. The van der Waals surface area contributed by atoms with Crippen LogP contribution in [-0.4, -0.2) is 49.7 Å². The molecule has 2 unspecified atom stereocenters. The molecular formula is C16H27N3OS. The zero-order valence-electron chi connectivity index (χ0n) is 13.2. The molecule has 0 aromatic carbocycles. The summed E-state index contributed by atoms with van der Waals surface area (Å²) >= 11 is 1.90. The van der Waals surface area contributed by atoms with E-state index in [1.807, 2.05) is 18.4 Å². The second kappa shape index (κ2) is 7.18. The van der Waals surface area contributed by atoms with E-state index in [1.165, 1.54) is 47.8 Å². The number of morpholine rings is 1. The Morgan fingerprint density at radius 1 is 1.48 bits per heavy atom. The van der Waals surface area contributed by atoms with Crippen molar-refractivity contribution in [3.05, 3.63) is 15.6 Å². The Kier molecular flexibility index (Phi) is 5.27. The second-order valence-corrected chi connectivity index (χ2v) is 7.28. The van der Waals surface area contributed by atoms with Crippen LogP contribution in [0, 0.1) is 0 Å². The van der Waals surface area contributed by atoms with E-state index < -0.39 is 0 Å². The average Bonchev–Trinajstić information content (AvgIpc) is 2.93. The van der Waals surface area contributed by atoms with Gasteiger partial charge in [-0.05, 0) is 39.3 Å². The van der Waals surface area contributed by atoms with Crippen LogP contribution in [0.2, 0.25) is 0 Å². The molecule has 0 bridgehead atoms. The minimum absolute atomic E-state index is 0.191. The van der Waals surface area contributed by atoms with Gasteiger partial charge >= 0.3 is 0 Å². The molecule has 21 heavy (non-hydrogen) atoms. The van der Waals surface area contributed by atoms with Crippen LogP contribution in [0.5, 0.6) is 0 Å². The van der Waals surface area contributed by atoms with Crippen molar-refractivity contribution in [2.24, 2.45) is 0 Å². The molecule has 0 spiro atoms. The summed E-state index contributed by atoms with van der Waals surface area (Å²) in [6.07, 6.45) is 5.18. The van der Waals surface area contributed by atoms with Gasteiger partial charge in [0.25, 0.3) is 0 Å². The van der Waals surface area contributed by atoms with Crippen molar-refractivity contribution < 1.29 is 4.74 Å². The molecule has 1 aliphatic heterocycles. The van der Waals surface area contributed by atoms with E-state index in [0.717, 1.165) is 26.2 Å². The first kappa shape index (κ1) is 15.4. The molecule has 2 heterocycles. The molecular weight excluding hydrogens is 282 g/mol. The van der Waals surface area contributed by atoms with Crippen LogP contribution in [0.15, 0.2) is 0 Å². The fraction of sp³-hybridized carbons (Fsp3) is 0.812. The van der Waals surface area contributed by atoms with Crippen molar-refractivity contribution in [3.63, 3.8) is 0 Å². The first-order valence-electron chi connectivity index (χ1n) is 8.29. The van der Waals surface area contributed by atoms with E-state index in [9.17, 15) is 0 Å². The third kappa shape index (κ3) is 3.47. The summed E-state index contributed by atoms with van der Waals surface area (Å²) in [6, 6.07) is 0. The number of hydrogen-bond donors (Lipinski definition) is 1.